The molecule has 0 saturated heterocycles. The van der Waals surface area contributed by atoms with E-state index in [1.165, 1.54) is 7.05 Å². The van der Waals surface area contributed by atoms with E-state index in [0.717, 1.165) is 46.1 Å². The van der Waals surface area contributed by atoms with Gasteiger partial charge in [0.05, 0.1) is 22.9 Å². The summed E-state index contributed by atoms with van der Waals surface area (Å²) < 4.78 is 43.2. The number of rotatable bonds is 3. The monoisotopic (exact) mass is 429 g/mol. The van der Waals surface area contributed by atoms with E-state index in [0.29, 0.717) is 6.42 Å². The summed E-state index contributed by atoms with van der Waals surface area (Å²) in [6, 6.07) is 6.16. The molecule has 11 heteroatoms. The van der Waals surface area contributed by atoms with Crippen molar-refractivity contribution in [2.75, 3.05) is 0 Å². The van der Waals surface area contributed by atoms with E-state index in [2.05, 4.69) is 20.6 Å². The molecule has 5 rings (SSSR count). The molecule has 0 fully saturated rings. The van der Waals surface area contributed by atoms with Crippen molar-refractivity contribution in [3.63, 3.8) is 0 Å². The molecule has 4 heterocycles. The second kappa shape index (κ2) is 6.96. The van der Waals surface area contributed by atoms with Crippen LogP contribution in [0.2, 0.25) is 0 Å². The quantitative estimate of drug-likeness (QED) is 0.543. The lowest BCUT2D eigenvalue weighted by atomic mass is 9.93. The predicted molar refractivity (Wildman–Crippen MR) is 104 cm³/mol. The van der Waals surface area contributed by atoms with Crippen molar-refractivity contribution in [3.8, 4) is 5.69 Å². The van der Waals surface area contributed by atoms with Crippen LogP contribution >= 0.6 is 0 Å². The number of nitrogens with zero attached hydrogens (tertiary/aromatic N) is 6. The minimum Gasteiger partial charge on any atom is -0.344 e. The Balaban J connectivity index is 1.42. The van der Waals surface area contributed by atoms with Crippen LogP contribution in [0.4, 0.5) is 13.2 Å². The Labute approximate surface area is 174 Å². The zero-order valence-corrected chi connectivity index (χ0v) is 16.5. The number of aromatic nitrogens is 6. The smallest absolute Gasteiger partial charge is 0.344 e. The van der Waals surface area contributed by atoms with Crippen LogP contribution in [0.3, 0.4) is 0 Å². The van der Waals surface area contributed by atoms with E-state index in [-0.39, 0.29) is 11.7 Å². The van der Waals surface area contributed by atoms with E-state index >= 15 is 0 Å². The molecular weight excluding hydrogens is 411 g/mol. The zero-order valence-electron chi connectivity index (χ0n) is 16.5. The Kier molecular flexibility index (Phi) is 4.34. The highest BCUT2D eigenvalue weighted by molar-refractivity contribution is 5.93. The van der Waals surface area contributed by atoms with Gasteiger partial charge in [0.2, 0.25) is 0 Å². The SMILES string of the molecule is Cn1nc(C(F)(F)F)cc1C(=O)N[C@H]1CCCc2nn(-c3ccn4nccc4c3)cc21. The fourth-order valence-corrected chi connectivity index (χ4v) is 3.92. The Morgan fingerprint density at radius 1 is 1.23 bits per heavy atom. The molecule has 1 aliphatic carbocycles. The highest BCUT2D eigenvalue weighted by Crippen LogP contribution is 2.31. The van der Waals surface area contributed by atoms with Gasteiger partial charge in [0, 0.05) is 37.3 Å². The van der Waals surface area contributed by atoms with E-state index in [9.17, 15) is 18.0 Å². The molecule has 1 aliphatic rings. The van der Waals surface area contributed by atoms with Crippen LogP contribution in [0.5, 0.6) is 0 Å². The van der Waals surface area contributed by atoms with E-state index in [4.69, 9.17) is 0 Å². The summed E-state index contributed by atoms with van der Waals surface area (Å²) in [6.45, 7) is 0. The van der Waals surface area contributed by atoms with Gasteiger partial charge in [-0.2, -0.15) is 28.5 Å². The molecule has 31 heavy (non-hydrogen) atoms. The van der Waals surface area contributed by atoms with Gasteiger partial charge in [-0.1, -0.05) is 0 Å². The molecule has 1 N–H and O–H groups in total. The molecule has 160 valence electrons. The maximum atomic E-state index is 12.9. The van der Waals surface area contributed by atoms with Crippen LogP contribution < -0.4 is 5.32 Å². The van der Waals surface area contributed by atoms with Crippen LogP contribution in [-0.2, 0) is 19.6 Å². The van der Waals surface area contributed by atoms with E-state index in [1.54, 1.807) is 15.4 Å². The number of hydrogen-bond donors (Lipinski definition) is 1. The summed E-state index contributed by atoms with van der Waals surface area (Å²) in [4.78, 5) is 12.7. The first-order valence-electron chi connectivity index (χ1n) is 9.74. The third-order valence-corrected chi connectivity index (χ3v) is 5.46. The summed E-state index contributed by atoms with van der Waals surface area (Å²) in [5.41, 5.74) is 2.28. The van der Waals surface area contributed by atoms with Gasteiger partial charge < -0.3 is 5.32 Å². The Morgan fingerprint density at radius 3 is 2.84 bits per heavy atom. The topological polar surface area (TPSA) is 82.0 Å². The fourth-order valence-electron chi connectivity index (χ4n) is 3.92. The van der Waals surface area contributed by atoms with E-state index in [1.807, 2.05) is 30.6 Å². The lowest BCUT2D eigenvalue weighted by Gasteiger charge is -2.22. The largest absolute Gasteiger partial charge is 0.435 e. The van der Waals surface area contributed by atoms with Gasteiger partial charge in [-0.25, -0.2) is 9.20 Å². The fraction of sp³-hybridized carbons (Fsp3) is 0.300. The number of halogens is 3. The first kappa shape index (κ1) is 19.3. The third-order valence-electron chi connectivity index (χ3n) is 5.46. The maximum Gasteiger partial charge on any atom is 0.435 e. The number of fused-ring (bicyclic) bond motifs is 2. The first-order chi connectivity index (χ1) is 14.8. The molecule has 1 atom stereocenters. The van der Waals surface area contributed by atoms with Crippen LogP contribution in [0.25, 0.3) is 11.2 Å². The van der Waals surface area contributed by atoms with Crippen LogP contribution in [0, 0.1) is 0 Å². The average molecular weight is 429 g/mol. The van der Waals surface area contributed by atoms with Crippen molar-refractivity contribution >= 4 is 11.4 Å². The molecule has 0 unspecified atom stereocenters. The van der Waals surface area contributed by atoms with Crippen molar-refractivity contribution in [3.05, 3.63) is 65.5 Å². The molecule has 0 aromatic carbocycles. The highest BCUT2D eigenvalue weighted by Gasteiger charge is 2.36. The van der Waals surface area contributed by atoms with Crippen molar-refractivity contribution in [1.82, 2.24) is 34.5 Å². The molecule has 0 spiro atoms. The minimum absolute atomic E-state index is 0.141. The van der Waals surface area contributed by atoms with Gasteiger partial charge in [-0.15, -0.1) is 0 Å². The number of aryl methyl sites for hydroxylation is 2. The van der Waals surface area contributed by atoms with Crippen molar-refractivity contribution in [2.24, 2.45) is 7.05 Å². The average Bonchev–Trinajstić information content (AvgIpc) is 3.44. The van der Waals surface area contributed by atoms with E-state index < -0.39 is 17.8 Å². The third kappa shape index (κ3) is 3.45. The second-order valence-electron chi connectivity index (χ2n) is 7.52. The summed E-state index contributed by atoms with van der Waals surface area (Å²) in [7, 11) is 1.32. The molecule has 0 bridgehead atoms. The van der Waals surface area contributed by atoms with Crippen molar-refractivity contribution < 1.29 is 18.0 Å². The standard InChI is InChI=1S/C20H18F3N7O/c1-28-17(10-18(27-28)20(21,22)23)19(31)25-15-3-2-4-16-14(15)11-30(26-16)13-6-8-29-12(9-13)5-7-24-29/h5-11,15H,2-4H2,1H3,(H,25,31)/t15-/m0/s1. The number of hydrogen-bond acceptors (Lipinski definition) is 4. The number of nitrogens with one attached hydrogen (secondary N) is 1. The summed E-state index contributed by atoms with van der Waals surface area (Å²) in [6.07, 6.45) is 3.07. The number of carbonyl (C=O) groups is 1. The van der Waals surface area contributed by atoms with Crippen molar-refractivity contribution in [1.29, 1.82) is 0 Å². The Bertz CT molecular complexity index is 1280. The molecule has 0 saturated carbocycles. The minimum atomic E-state index is -4.61. The summed E-state index contributed by atoms with van der Waals surface area (Å²) in [5, 5.41) is 15.1. The lowest BCUT2D eigenvalue weighted by molar-refractivity contribution is -0.141. The van der Waals surface area contributed by atoms with Gasteiger partial charge >= 0.3 is 6.18 Å². The predicted octanol–water partition coefficient (Wildman–Crippen LogP) is 3.08. The van der Waals surface area contributed by atoms with Gasteiger partial charge in [0.1, 0.15) is 5.69 Å². The molecular formula is C20H18F3N7O. The molecule has 8 nitrogen and oxygen atoms in total. The molecule has 4 aromatic heterocycles. The van der Waals surface area contributed by atoms with Gasteiger partial charge in [0.25, 0.3) is 5.91 Å². The van der Waals surface area contributed by atoms with Crippen LogP contribution in [0.1, 0.15) is 46.3 Å². The summed E-state index contributed by atoms with van der Waals surface area (Å²) >= 11 is 0. The second-order valence-corrected chi connectivity index (χ2v) is 7.52. The number of carbonyl (C=O) groups excluding carboxylic acids is 1. The molecule has 1 amide bonds. The van der Waals surface area contributed by atoms with Gasteiger partial charge in [-0.05, 0) is 37.5 Å². The number of alkyl halides is 3. The molecule has 0 aliphatic heterocycles. The summed E-state index contributed by atoms with van der Waals surface area (Å²) in [5.74, 6) is -0.600. The highest BCUT2D eigenvalue weighted by atomic mass is 19.4. The van der Waals surface area contributed by atoms with Crippen LogP contribution in [-0.4, -0.2) is 35.1 Å². The van der Waals surface area contributed by atoms with Gasteiger partial charge in [0.15, 0.2) is 5.69 Å². The normalized spacial score (nSPS) is 16.5. The number of pyridine rings is 1. The lowest BCUT2D eigenvalue weighted by Crippen LogP contribution is -2.31. The Morgan fingerprint density at radius 2 is 2.06 bits per heavy atom. The Hall–Kier alpha value is -3.63. The molecule has 4 aromatic rings. The van der Waals surface area contributed by atoms with Crippen LogP contribution in [0.15, 0.2) is 42.9 Å². The first-order valence-corrected chi connectivity index (χ1v) is 9.74. The zero-order chi connectivity index (χ0) is 21.8. The maximum absolute atomic E-state index is 12.9. The van der Waals surface area contributed by atoms with Crippen molar-refractivity contribution in [2.45, 2.75) is 31.5 Å². The number of amides is 1. The van der Waals surface area contributed by atoms with Gasteiger partial charge in [-0.3, -0.25) is 9.48 Å². The molecule has 0 radical (unpaired) electrons.